The van der Waals surface area contributed by atoms with Crippen molar-refractivity contribution in [2.24, 2.45) is 0 Å². The smallest absolute Gasteiger partial charge is 0.332 e. The molecule has 1 saturated heterocycles. The SMILES string of the molecule is O=C1N(CO)C(=O)C(c2ccccc2)(c2ccccc2)N1CO. The van der Waals surface area contributed by atoms with E-state index < -0.39 is 30.9 Å². The summed E-state index contributed by atoms with van der Waals surface area (Å²) in [5.74, 6) is -0.587. The number of benzene rings is 2. The standard InChI is InChI=1S/C17H16N2O4/c20-11-18-15(22)17(19(12-21)16(18)23,13-7-3-1-4-8-13)14-9-5-2-6-10-14/h1-10,20-21H,11-12H2. The Labute approximate surface area is 133 Å². The molecular weight excluding hydrogens is 296 g/mol. The van der Waals surface area contributed by atoms with E-state index in [0.29, 0.717) is 11.1 Å². The van der Waals surface area contributed by atoms with Gasteiger partial charge in [0.25, 0.3) is 5.91 Å². The van der Waals surface area contributed by atoms with Crippen LogP contribution >= 0.6 is 0 Å². The monoisotopic (exact) mass is 312 g/mol. The normalized spacial score (nSPS) is 17.0. The maximum Gasteiger partial charge on any atom is 0.332 e. The van der Waals surface area contributed by atoms with E-state index in [1.807, 2.05) is 0 Å². The highest BCUT2D eigenvalue weighted by Gasteiger charge is 2.59. The van der Waals surface area contributed by atoms with Crippen LogP contribution in [0.2, 0.25) is 0 Å². The second-order valence-corrected chi connectivity index (χ2v) is 5.17. The van der Waals surface area contributed by atoms with Gasteiger partial charge in [-0.05, 0) is 11.1 Å². The van der Waals surface area contributed by atoms with E-state index in [1.165, 1.54) is 0 Å². The molecule has 6 heteroatoms. The predicted octanol–water partition coefficient (Wildman–Crippen LogP) is 1.09. The van der Waals surface area contributed by atoms with Crippen molar-refractivity contribution in [1.29, 1.82) is 0 Å². The van der Waals surface area contributed by atoms with Crippen LogP contribution in [0.3, 0.4) is 0 Å². The molecule has 3 rings (SSSR count). The van der Waals surface area contributed by atoms with Gasteiger partial charge in [-0.15, -0.1) is 0 Å². The molecule has 2 aromatic carbocycles. The minimum atomic E-state index is -1.49. The molecule has 0 aromatic heterocycles. The first-order chi connectivity index (χ1) is 11.2. The fourth-order valence-electron chi connectivity index (χ4n) is 3.06. The van der Waals surface area contributed by atoms with Crippen LogP contribution in [0.15, 0.2) is 60.7 Å². The van der Waals surface area contributed by atoms with Gasteiger partial charge >= 0.3 is 6.03 Å². The van der Waals surface area contributed by atoms with E-state index in [0.717, 1.165) is 9.80 Å². The molecule has 0 unspecified atom stereocenters. The molecule has 2 N–H and O–H groups in total. The van der Waals surface area contributed by atoms with E-state index in [-0.39, 0.29) is 0 Å². The van der Waals surface area contributed by atoms with Crippen LogP contribution in [0.4, 0.5) is 4.79 Å². The summed E-state index contributed by atoms with van der Waals surface area (Å²) >= 11 is 0. The number of urea groups is 1. The molecule has 2 aromatic rings. The number of nitrogens with zero attached hydrogens (tertiary/aromatic N) is 2. The molecule has 6 nitrogen and oxygen atoms in total. The molecule has 1 aliphatic rings. The highest BCUT2D eigenvalue weighted by Crippen LogP contribution is 2.42. The minimum absolute atomic E-state index is 0.551. The Balaban J connectivity index is 2.32. The molecule has 0 radical (unpaired) electrons. The van der Waals surface area contributed by atoms with Crippen molar-refractivity contribution in [2.75, 3.05) is 13.5 Å². The zero-order valence-electron chi connectivity index (χ0n) is 12.3. The van der Waals surface area contributed by atoms with Gasteiger partial charge in [0.05, 0.1) is 0 Å². The first-order valence-electron chi connectivity index (χ1n) is 7.14. The molecule has 0 aliphatic carbocycles. The summed E-state index contributed by atoms with van der Waals surface area (Å²) in [6.45, 7) is -1.39. The van der Waals surface area contributed by atoms with E-state index in [2.05, 4.69) is 0 Å². The van der Waals surface area contributed by atoms with Crippen molar-refractivity contribution in [2.45, 2.75) is 5.54 Å². The molecule has 1 aliphatic heterocycles. The maximum atomic E-state index is 13.0. The number of amides is 3. The number of aliphatic hydroxyl groups is 2. The number of imide groups is 1. The molecule has 1 heterocycles. The summed E-state index contributed by atoms with van der Waals surface area (Å²) in [4.78, 5) is 27.3. The Morgan fingerprint density at radius 1 is 0.783 bits per heavy atom. The second kappa shape index (κ2) is 5.83. The first-order valence-corrected chi connectivity index (χ1v) is 7.14. The lowest BCUT2D eigenvalue weighted by Gasteiger charge is -2.34. The van der Waals surface area contributed by atoms with Gasteiger partial charge in [-0.2, -0.15) is 0 Å². The van der Waals surface area contributed by atoms with Gasteiger partial charge in [0.15, 0.2) is 5.54 Å². The average Bonchev–Trinajstić information content (AvgIpc) is 2.83. The highest BCUT2D eigenvalue weighted by molar-refractivity contribution is 6.09. The summed E-state index contributed by atoms with van der Waals surface area (Å²) < 4.78 is 0. The number of rotatable bonds is 4. The van der Waals surface area contributed by atoms with Crippen LogP contribution in [0.5, 0.6) is 0 Å². The first kappa shape index (κ1) is 15.2. The van der Waals surface area contributed by atoms with Crippen LogP contribution in [0.1, 0.15) is 11.1 Å². The van der Waals surface area contributed by atoms with Gasteiger partial charge in [-0.1, -0.05) is 60.7 Å². The number of hydrogen-bond donors (Lipinski definition) is 2. The van der Waals surface area contributed by atoms with Crippen molar-refractivity contribution >= 4 is 11.9 Å². The van der Waals surface area contributed by atoms with E-state index in [1.54, 1.807) is 60.7 Å². The van der Waals surface area contributed by atoms with E-state index in [9.17, 15) is 19.8 Å². The lowest BCUT2D eigenvalue weighted by molar-refractivity contribution is -0.134. The van der Waals surface area contributed by atoms with Gasteiger partial charge in [0.1, 0.15) is 13.5 Å². The van der Waals surface area contributed by atoms with Crippen LogP contribution in [0, 0.1) is 0 Å². The van der Waals surface area contributed by atoms with Gasteiger partial charge < -0.3 is 10.2 Å². The fraction of sp³-hybridized carbons (Fsp3) is 0.176. The van der Waals surface area contributed by atoms with Gasteiger partial charge in [0, 0.05) is 0 Å². The van der Waals surface area contributed by atoms with Crippen molar-refractivity contribution in [3.8, 4) is 0 Å². The zero-order valence-corrected chi connectivity index (χ0v) is 12.3. The fourth-order valence-corrected chi connectivity index (χ4v) is 3.06. The number of carbonyl (C=O) groups excluding carboxylic acids is 2. The molecule has 0 atom stereocenters. The number of carbonyl (C=O) groups is 2. The van der Waals surface area contributed by atoms with Crippen LogP contribution in [-0.4, -0.2) is 45.4 Å². The molecular formula is C17H16N2O4. The van der Waals surface area contributed by atoms with Crippen LogP contribution in [0.25, 0.3) is 0 Å². The van der Waals surface area contributed by atoms with Gasteiger partial charge in [0.2, 0.25) is 0 Å². The van der Waals surface area contributed by atoms with Crippen molar-refractivity contribution in [3.63, 3.8) is 0 Å². The molecule has 1 fully saturated rings. The molecule has 0 saturated carbocycles. The molecule has 0 bridgehead atoms. The molecule has 23 heavy (non-hydrogen) atoms. The largest absolute Gasteiger partial charge is 0.376 e. The van der Waals surface area contributed by atoms with Crippen molar-refractivity contribution < 1.29 is 19.8 Å². The Morgan fingerprint density at radius 2 is 1.26 bits per heavy atom. The third-order valence-electron chi connectivity index (χ3n) is 4.09. The molecule has 118 valence electrons. The number of aliphatic hydroxyl groups excluding tert-OH is 2. The van der Waals surface area contributed by atoms with Gasteiger partial charge in [-0.3, -0.25) is 9.69 Å². The summed E-state index contributed by atoms with van der Waals surface area (Å²) in [6, 6.07) is 16.8. The highest BCUT2D eigenvalue weighted by atomic mass is 16.3. The number of hydrogen-bond acceptors (Lipinski definition) is 4. The minimum Gasteiger partial charge on any atom is -0.376 e. The zero-order chi connectivity index (χ0) is 16.4. The molecule has 3 amide bonds. The quantitative estimate of drug-likeness (QED) is 0.828. The maximum absolute atomic E-state index is 13.0. The summed E-state index contributed by atoms with van der Waals surface area (Å²) in [5.41, 5.74) is -0.388. The average molecular weight is 312 g/mol. The van der Waals surface area contributed by atoms with Crippen LogP contribution in [-0.2, 0) is 10.3 Å². The Hall–Kier alpha value is -2.70. The Kier molecular flexibility index (Phi) is 3.85. The van der Waals surface area contributed by atoms with Crippen LogP contribution < -0.4 is 0 Å². The van der Waals surface area contributed by atoms with Crippen molar-refractivity contribution in [3.05, 3.63) is 71.8 Å². The third kappa shape index (κ3) is 2.03. The van der Waals surface area contributed by atoms with E-state index >= 15 is 0 Å². The van der Waals surface area contributed by atoms with E-state index in [4.69, 9.17) is 0 Å². The topological polar surface area (TPSA) is 81.1 Å². The van der Waals surface area contributed by atoms with Crippen molar-refractivity contribution in [1.82, 2.24) is 9.80 Å². The van der Waals surface area contributed by atoms with Gasteiger partial charge in [-0.25, -0.2) is 9.69 Å². The lowest BCUT2D eigenvalue weighted by atomic mass is 9.81. The Bertz CT molecular complexity index is 678. The summed E-state index contributed by atoms with van der Waals surface area (Å²) in [5, 5.41) is 19.2. The summed E-state index contributed by atoms with van der Waals surface area (Å²) in [7, 11) is 0. The predicted molar refractivity (Wildman–Crippen MR) is 81.9 cm³/mol. The Morgan fingerprint density at radius 3 is 1.65 bits per heavy atom. The summed E-state index contributed by atoms with van der Waals surface area (Å²) in [6.07, 6.45) is 0. The lowest BCUT2D eigenvalue weighted by Crippen LogP contribution is -2.48. The molecule has 0 spiro atoms. The second-order valence-electron chi connectivity index (χ2n) is 5.17. The third-order valence-corrected chi connectivity index (χ3v) is 4.09.